The van der Waals surface area contributed by atoms with Crippen molar-refractivity contribution in [2.24, 2.45) is 5.92 Å². The normalized spacial score (nSPS) is 25.2. The predicted molar refractivity (Wildman–Crippen MR) is 65.3 cm³/mol. The summed E-state index contributed by atoms with van der Waals surface area (Å²) in [4.78, 5) is 0. The quantitative estimate of drug-likeness (QED) is 0.799. The Morgan fingerprint density at radius 1 is 1.28 bits per heavy atom. The number of nitrogens with one attached hydrogen (secondary N) is 1. The van der Waals surface area contributed by atoms with E-state index in [2.05, 4.69) is 12.2 Å². The molecule has 0 saturated carbocycles. The third-order valence-electron chi connectivity index (χ3n) is 3.70. The summed E-state index contributed by atoms with van der Waals surface area (Å²) in [6.07, 6.45) is -2.00. The molecule has 1 aliphatic heterocycles. The zero-order valence-electron chi connectivity index (χ0n) is 10.6. The highest BCUT2D eigenvalue weighted by atomic mass is 19.4. The van der Waals surface area contributed by atoms with Crippen molar-refractivity contribution in [3.8, 4) is 0 Å². The smallest absolute Gasteiger partial charge is 0.310 e. The summed E-state index contributed by atoms with van der Waals surface area (Å²) in [6.45, 7) is 4.84. The fourth-order valence-corrected chi connectivity index (χ4v) is 2.67. The lowest BCUT2D eigenvalue weighted by Gasteiger charge is -2.31. The van der Waals surface area contributed by atoms with Crippen LogP contribution >= 0.6 is 0 Å². The van der Waals surface area contributed by atoms with Gasteiger partial charge in [0.2, 0.25) is 0 Å². The van der Waals surface area contributed by atoms with Crippen LogP contribution in [0.15, 0.2) is 18.2 Å². The lowest BCUT2D eigenvalue weighted by molar-refractivity contribution is -0.137. The Morgan fingerprint density at radius 3 is 2.56 bits per heavy atom. The van der Waals surface area contributed by atoms with Crippen molar-refractivity contribution >= 4 is 0 Å². The zero-order valence-corrected chi connectivity index (χ0v) is 10.6. The van der Waals surface area contributed by atoms with Gasteiger partial charge in [-0.15, -0.1) is 0 Å². The molecular formula is C14H18F3N. The Hall–Kier alpha value is -1.03. The molecule has 1 aromatic carbocycles. The van der Waals surface area contributed by atoms with E-state index in [1.165, 1.54) is 12.1 Å². The maximum Gasteiger partial charge on any atom is 0.416 e. The van der Waals surface area contributed by atoms with Gasteiger partial charge in [-0.05, 0) is 55.5 Å². The molecule has 2 unspecified atom stereocenters. The van der Waals surface area contributed by atoms with Gasteiger partial charge in [0, 0.05) is 6.04 Å². The average Bonchev–Trinajstić information content (AvgIpc) is 2.29. The second-order valence-corrected chi connectivity index (χ2v) is 5.12. The standard InChI is InChI=1S/C14H18F3N/c1-9-4-3-7-18-13(9)12-6-5-11(8-10(12)2)14(15,16)17/h5-6,8-9,13,18H,3-4,7H2,1-2H3. The van der Waals surface area contributed by atoms with Gasteiger partial charge in [-0.3, -0.25) is 0 Å². The minimum Gasteiger partial charge on any atom is -0.310 e. The minimum atomic E-state index is -4.26. The van der Waals surface area contributed by atoms with Crippen LogP contribution in [0.4, 0.5) is 13.2 Å². The van der Waals surface area contributed by atoms with E-state index in [-0.39, 0.29) is 6.04 Å². The number of hydrogen-bond acceptors (Lipinski definition) is 1. The van der Waals surface area contributed by atoms with E-state index in [1.54, 1.807) is 13.0 Å². The van der Waals surface area contributed by atoms with Crippen LogP contribution in [0.2, 0.25) is 0 Å². The molecule has 1 aliphatic rings. The van der Waals surface area contributed by atoms with Gasteiger partial charge in [-0.1, -0.05) is 13.0 Å². The lowest BCUT2D eigenvalue weighted by atomic mass is 9.85. The second-order valence-electron chi connectivity index (χ2n) is 5.12. The van der Waals surface area contributed by atoms with Crippen LogP contribution in [0.5, 0.6) is 0 Å². The third-order valence-corrected chi connectivity index (χ3v) is 3.70. The molecule has 0 aromatic heterocycles. The minimum absolute atomic E-state index is 0.182. The van der Waals surface area contributed by atoms with Gasteiger partial charge in [0.05, 0.1) is 5.56 Å². The van der Waals surface area contributed by atoms with Crippen molar-refractivity contribution in [2.75, 3.05) is 6.54 Å². The van der Waals surface area contributed by atoms with E-state index in [9.17, 15) is 13.2 Å². The van der Waals surface area contributed by atoms with E-state index < -0.39 is 11.7 Å². The molecule has 1 saturated heterocycles. The Balaban J connectivity index is 2.29. The molecule has 0 aliphatic carbocycles. The number of alkyl halides is 3. The summed E-state index contributed by atoms with van der Waals surface area (Å²) in [7, 11) is 0. The summed E-state index contributed by atoms with van der Waals surface area (Å²) >= 11 is 0. The van der Waals surface area contributed by atoms with Gasteiger partial charge in [-0.25, -0.2) is 0 Å². The molecule has 2 rings (SSSR count). The van der Waals surface area contributed by atoms with Crippen molar-refractivity contribution in [1.29, 1.82) is 0 Å². The SMILES string of the molecule is Cc1cc(C(F)(F)F)ccc1C1NCCCC1C. The van der Waals surface area contributed by atoms with E-state index in [0.29, 0.717) is 5.92 Å². The third kappa shape index (κ3) is 2.69. The van der Waals surface area contributed by atoms with Crippen molar-refractivity contribution in [3.05, 3.63) is 34.9 Å². The molecule has 0 spiro atoms. The van der Waals surface area contributed by atoms with Crippen molar-refractivity contribution < 1.29 is 13.2 Å². The molecule has 100 valence electrons. The predicted octanol–water partition coefficient (Wildman–Crippen LogP) is 4.07. The van der Waals surface area contributed by atoms with Gasteiger partial charge in [0.1, 0.15) is 0 Å². The molecule has 0 bridgehead atoms. The molecule has 1 N–H and O–H groups in total. The first-order valence-corrected chi connectivity index (χ1v) is 6.30. The Bertz CT molecular complexity index is 426. The number of rotatable bonds is 1. The van der Waals surface area contributed by atoms with Crippen LogP contribution in [-0.4, -0.2) is 6.54 Å². The first kappa shape index (κ1) is 13.4. The molecule has 4 heteroatoms. The number of halogens is 3. The van der Waals surface area contributed by atoms with E-state index in [1.807, 2.05) is 0 Å². The monoisotopic (exact) mass is 257 g/mol. The first-order valence-electron chi connectivity index (χ1n) is 6.30. The molecule has 2 atom stereocenters. The van der Waals surface area contributed by atoms with Gasteiger partial charge in [-0.2, -0.15) is 13.2 Å². The van der Waals surface area contributed by atoms with Crippen LogP contribution < -0.4 is 5.32 Å². The fourth-order valence-electron chi connectivity index (χ4n) is 2.67. The highest BCUT2D eigenvalue weighted by Crippen LogP contribution is 2.35. The summed E-state index contributed by atoms with van der Waals surface area (Å²) < 4.78 is 37.8. The van der Waals surface area contributed by atoms with Crippen molar-refractivity contribution in [1.82, 2.24) is 5.32 Å². The average molecular weight is 257 g/mol. The van der Waals surface area contributed by atoms with Crippen LogP contribution in [-0.2, 0) is 6.18 Å². The van der Waals surface area contributed by atoms with E-state index in [4.69, 9.17) is 0 Å². The maximum absolute atomic E-state index is 12.6. The Kier molecular flexibility index (Phi) is 3.66. The van der Waals surface area contributed by atoms with Gasteiger partial charge in [0.15, 0.2) is 0 Å². The van der Waals surface area contributed by atoms with Crippen LogP contribution in [0, 0.1) is 12.8 Å². The highest BCUT2D eigenvalue weighted by molar-refractivity contribution is 5.35. The van der Waals surface area contributed by atoms with Crippen LogP contribution in [0.3, 0.4) is 0 Å². The molecule has 0 amide bonds. The van der Waals surface area contributed by atoms with Gasteiger partial charge < -0.3 is 5.32 Å². The Morgan fingerprint density at radius 2 is 2.00 bits per heavy atom. The molecule has 1 aromatic rings. The highest BCUT2D eigenvalue weighted by Gasteiger charge is 2.31. The number of benzene rings is 1. The molecular weight excluding hydrogens is 239 g/mol. The van der Waals surface area contributed by atoms with Crippen molar-refractivity contribution in [3.63, 3.8) is 0 Å². The van der Waals surface area contributed by atoms with E-state index in [0.717, 1.165) is 30.5 Å². The number of piperidine rings is 1. The molecule has 18 heavy (non-hydrogen) atoms. The fraction of sp³-hybridized carbons (Fsp3) is 0.571. The van der Waals surface area contributed by atoms with Crippen LogP contribution in [0.25, 0.3) is 0 Å². The summed E-state index contributed by atoms with van der Waals surface area (Å²) in [6, 6.07) is 4.24. The topological polar surface area (TPSA) is 12.0 Å². The van der Waals surface area contributed by atoms with Crippen molar-refractivity contribution in [2.45, 2.75) is 38.9 Å². The molecule has 1 nitrogen and oxygen atoms in total. The zero-order chi connectivity index (χ0) is 13.3. The largest absolute Gasteiger partial charge is 0.416 e. The van der Waals surface area contributed by atoms with Gasteiger partial charge in [0.25, 0.3) is 0 Å². The Labute approximate surface area is 105 Å². The van der Waals surface area contributed by atoms with Gasteiger partial charge >= 0.3 is 6.18 Å². The first-order chi connectivity index (χ1) is 8.39. The number of hydrogen-bond donors (Lipinski definition) is 1. The molecule has 0 radical (unpaired) electrons. The second kappa shape index (κ2) is 4.92. The summed E-state index contributed by atoms with van der Waals surface area (Å²) in [5.41, 5.74) is 1.15. The maximum atomic E-state index is 12.6. The molecule has 1 heterocycles. The summed E-state index contributed by atoms with van der Waals surface area (Å²) in [5.74, 6) is 0.467. The molecule has 1 fully saturated rings. The van der Waals surface area contributed by atoms with E-state index >= 15 is 0 Å². The summed E-state index contributed by atoms with van der Waals surface area (Å²) in [5, 5.41) is 3.40. The number of aryl methyl sites for hydroxylation is 1. The van der Waals surface area contributed by atoms with Crippen LogP contribution in [0.1, 0.15) is 42.5 Å². The lowest BCUT2D eigenvalue weighted by Crippen LogP contribution is -2.33.